The van der Waals surface area contributed by atoms with Crippen molar-refractivity contribution >= 4 is 44.2 Å². The van der Waals surface area contributed by atoms with Crippen LogP contribution in [0, 0.1) is 0 Å². The Bertz CT molecular complexity index is 827. The molecule has 0 atom stereocenters. The molecule has 0 aromatic heterocycles. The summed E-state index contributed by atoms with van der Waals surface area (Å²) < 4.78 is 26.9. The zero-order valence-electron chi connectivity index (χ0n) is 10.9. The number of carbonyl (C=O) groups excluding carboxylic acids is 1. The number of fused-ring (bicyclic) bond motifs is 2. The Kier molecular flexibility index (Phi) is 2.67. The lowest BCUT2D eigenvalue weighted by molar-refractivity contribution is -0.115. The summed E-state index contributed by atoms with van der Waals surface area (Å²) in [4.78, 5) is 13.3. The van der Waals surface area contributed by atoms with Gasteiger partial charge in [0.25, 0.3) is 10.0 Å². The molecule has 0 bridgehead atoms. The van der Waals surface area contributed by atoms with Gasteiger partial charge in [0.05, 0.1) is 17.9 Å². The number of benzene rings is 1. The molecule has 3 aliphatic heterocycles. The van der Waals surface area contributed by atoms with Crippen molar-refractivity contribution < 1.29 is 13.2 Å². The zero-order chi connectivity index (χ0) is 14.6. The smallest absolute Gasteiger partial charge is 0.257 e. The van der Waals surface area contributed by atoms with E-state index in [1.54, 1.807) is 0 Å². The summed E-state index contributed by atoms with van der Waals surface area (Å²) >= 11 is 1.32. The van der Waals surface area contributed by atoms with E-state index in [4.69, 9.17) is 0 Å². The van der Waals surface area contributed by atoms with Crippen molar-refractivity contribution in [2.75, 3.05) is 17.6 Å². The number of anilines is 1. The van der Waals surface area contributed by atoms with Crippen LogP contribution in [0.4, 0.5) is 5.69 Å². The van der Waals surface area contributed by atoms with E-state index >= 15 is 0 Å². The number of carbonyl (C=O) groups is 1. The minimum atomic E-state index is -3.32. The molecule has 3 aliphatic rings. The molecule has 6 nitrogen and oxygen atoms in total. The van der Waals surface area contributed by atoms with Gasteiger partial charge in [0.2, 0.25) is 5.91 Å². The fraction of sp³-hybridized carbons (Fsp3) is 0.231. The largest absolute Gasteiger partial charge is 0.326 e. The summed E-state index contributed by atoms with van der Waals surface area (Å²) in [5.74, 6) is 0.0302. The molecule has 0 spiro atoms. The molecule has 1 N–H and O–H groups in total. The number of nitrogens with one attached hydrogen (secondary N) is 1. The van der Waals surface area contributed by atoms with Gasteiger partial charge in [0.15, 0.2) is 5.17 Å². The highest BCUT2D eigenvalue weighted by molar-refractivity contribution is 8.17. The van der Waals surface area contributed by atoms with Crippen molar-refractivity contribution in [3.63, 3.8) is 0 Å². The first-order chi connectivity index (χ1) is 10.0. The SMILES string of the molecule is O=C1Cc2cc(C3=CSC4=NS(=O)(=O)CCN34)ccc2N1. The van der Waals surface area contributed by atoms with Crippen LogP contribution in [0.15, 0.2) is 28.0 Å². The maximum absolute atomic E-state index is 11.5. The second-order valence-electron chi connectivity index (χ2n) is 5.03. The molecular weight excluding hydrogens is 310 g/mol. The third kappa shape index (κ3) is 2.14. The molecule has 0 saturated heterocycles. The molecule has 0 fully saturated rings. The quantitative estimate of drug-likeness (QED) is 0.841. The highest BCUT2D eigenvalue weighted by Gasteiger charge is 2.31. The number of amides is 1. The Balaban J connectivity index is 1.70. The monoisotopic (exact) mass is 321 g/mol. The molecule has 0 aliphatic carbocycles. The molecule has 1 aromatic carbocycles. The van der Waals surface area contributed by atoms with Gasteiger partial charge in [-0.3, -0.25) is 4.79 Å². The molecule has 3 heterocycles. The van der Waals surface area contributed by atoms with E-state index in [1.807, 2.05) is 28.5 Å². The van der Waals surface area contributed by atoms with Gasteiger partial charge in [-0.2, -0.15) is 0 Å². The second kappa shape index (κ2) is 4.35. The topological polar surface area (TPSA) is 78.8 Å². The maximum atomic E-state index is 11.5. The summed E-state index contributed by atoms with van der Waals surface area (Å²) in [7, 11) is -3.32. The van der Waals surface area contributed by atoms with Crippen molar-refractivity contribution in [2.24, 2.45) is 4.40 Å². The third-order valence-corrected chi connectivity index (χ3v) is 5.74. The van der Waals surface area contributed by atoms with Crippen LogP contribution < -0.4 is 5.32 Å². The molecule has 21 heavy (non-hydrogen) atoms. The van der Waals surface area contributed by atoms with Crippen LogP contribution >= 0.6 is 11.8 Å². The average molecular weight is 321 g/mol. The number of nitrogens with zero attached hydrogens (tertiary/aromatic N) is 2. The number of thioether (sulfide) groups is 1. The van der Waals surface area contributed by atoms with E-state index < -0.39 is 10.0 Å². The van der Waals surface area contributed by atoms with Crippen LogP contribution in [0.1, 0.15) is 11.1 Å². The Morgan fingerprint density at radius 3 is 3.05 bits per heavy atom. The van der Waals surface area contributed by atoms with E-state index in [0.717, 1.165) is 22.5 Å². The first kappa shape index (κ1) is 12.9. The van der Waals surface area contributed by atoms with Gasteiger partial charge in [0.1, 0.15) is 0 Å². The minimum absolute atomic E-state index is 0.00300. The second-order valence-corrected chi connectivity index (χ2v) is 7.62. The van der Waals surface area contributed by atoms with Gasteiger partial charge in [0, 0.05) is 17.6 Å². The number of sulfonamides is 1. The Morgan fingerprint density at radius 1 is 1.33 bits per heavy atom. The van der Waals surface area contributed by atoms with E-state index in [2.05, 4.69) is 9.71 Å². The first-order valence-corrected chi connectivity index (χ1v) is 8.91. The Hall–Kier alpha value is -1.80. The summed E-state index contributed by atoms with van der Waals surface area (Å²) in [5, 5.41) is 5.22. The Labute approximate surface area is 126 Å². The Morgan fingerprint density at radius 2 is 2.19 bits per heavy atom. The summed E-state index contributed by atoms with van der Waals surface area (Å²) in [5.41, 5.74) is 3.74. The highest BCUT2D eigenvalue weighted by Crippen LogP contribution is 2.37. The predicted octanol–water partition coefficient (Wildman–Crippen LogP) is 1.23. The van der Waals surface area contributed by atoms with E-state index in [9.17, 15) is 13.2 Å². The van der Waals surface area contributed by atoms with Crippen molar-refractivity contribution in [2.45, 2.75) is 6.42 Å². The first-order valence-electron chi connectivity index (χ1n) is 6.42. The van der Waals surface area contributed by atoms with Crippen molar-refractivity contribution in [1.29, 1.82) is 0 Å². The zero-order valence-corrected chi connectivity index (χ0v) is 12.5. The van der Waals surface area contributed by atoms with Crippen molar-refractivity contribution in [3.05, 3.63) is 34.7 Å². The number of hydrogen-bond donors (Lipinski definition) is 1. The molecule has 4 rings (SSSR count). The number of amidine groups is 1. The molecule has 0 unspecified atom stereocenters. The number of hydrogen-bond acceptors (Lipinski definition) is 5. The maximum Gasteiger partial charge on any atom is 0.257 e. The molecular formula is C13H11N3O3S2. The summed E-state index contributed by atoms with van der Waals surface area (Å²) in [6.07, 6.45) is 0.388. The van der Waals surface area contributed by atoms with Crippen LogP contribution in [0.3, 0.4) is 0 Å². The normalized spacial score (nSPS) is 22.3. The average Bonchev–Trinajstić information content (AvgIpc) is 2.98. The lowest BCUT2D eigenvalue weighted by Gasteiger charge is -2.25. The molecule has 1 amide bonds. The van der Waals surface area contributed by atoms with Crippen molar-refractivity contribution in [3.8, 4) is 0 Å². The number of rotatable bonds is 1. The van der Waals surface area contributed by atoms with Crippen LogP contribution in [-0.2, 0) is 21.2 Å². The standard InChI is InChI=1S/C13H11N3O3S2/c17-12-6-9-5-8(1-2-10(9)14-12)11-7-20-13-15-21(18,19)4-3-16(11)13/h1-2,5,7H,3-4,6H2,(H,14,17). The van der Waals surface area contributed by atoms with Gasteiger partial charge in [-0.1, -0.05) is 17.8 Å². The van der Waals surface area contributed by atoms with Gasteiger partial charge >= 0.3 is 0 Å². The van der Waals surface area contributed by atoms with Gasteiger partial charge in [-0.05, 0) is 23.3 Å². The molecule has 8 heteroatoms. The predicted molar refractivity (Wildman–Crippen MR) is 82.3 cm³/mol. The van der Waals surface area contributed by atoms with Crippen LogP contribution in [0.2, 0.25) is 0 Å². The van der Waals surface area contributed by atoms with Gasteiger partial charge in [-0.25, -0.2) is 8.42 Å². The molecule has 108 valence electrons. The minimum Gasteiger partial charge on any atom is -0.326 e. The fourth-order valence-electron chi connectivity index (χ4n) is 2.61. The highest BCUT2D eigenvalue weighted by atomic mass is 32.2. The molecule has 0 saturated carbocycles. The molecule has 0 radical (unpaired) electrons. The van der Waals surface area contributed by atoms with Crippen LogP contribution in [0.5, 0.6) is 0 Å². The van der Waals surface area contributed by atoms with E-state index in [-0.39, 0.29) is 11.7 Å². The third-order valence-electron chi connectivity index (χ3n) is 3.61. The molecule has 1 aromatic rings. The van der Waals surface area contributed by atoms with E-state index in [1.165, 1.54) is 11.8 Å². The summed E-state index contributed by atoms with van der Waals surface area (Å²) in [6.45, 7) is 0.411. The van der Waals surface area contributed by atoms with Gasteiger partial charge < -0.3 is 10.2 Å². The lowest BCUT2D eigenvalue weighted by atomic mass is 10.1. The van der Waals surface area contributed by atoms with Crippen LogP contribution in [-0.4, -0.2) is 36.7 Å². The summed E-state index contributed by atoms with van der Waals surface area (Å²) in [6, 6.07) is 5.80. The fourth-order valence-corrected chi connectivity index (χ4v) is 4.76. The van der Waals surface area contributed by atoms with Crippen molar-refractivity contribution in [1.82, 2.24) is 4.90 Å². The van der Waals surface area contributed by atoms with Gasteiger partial charge in [-0.15, -0.1) is 4.40 Å². The van der Waals surface area contributed by atoms with Crippen LogP contribution in [0.25, 0.3) is 5.70 Å². The lowest BCUT2D eigenvalue weighted by Crippen LogP contribution is -2.34. The van der Waals surface area contributed by atoms with E-state index in [0.29, 0.717) is 18.1 Å².